The summed E-state index contributed by atoms with van der Waals surface area (Å²) >= 11 is 1.71. The molecule has 0 bridgehead atoms. The summed E-state index contributed by atoms with van der Waals surface area (Å²) < 4.78 is 1.86. The molecule has 1 aliphatic heterocycles. The molecule has 0 saturated carbocycles. The predicted octanol–water partition coefficient (Wildman–Crippen LogP) is 2.55. The van der Waals surface area contributed by atoms with E-state index in [9.17, 15) is 4.79 Å². The van der Waals surface area contributed by atoms with Crippen LogP contribution in [0.4, 0.5) is 0 Å². The molecule has 0 aliphatic carbocycles. The highest BCUT2D eigenvalue weighted by Crippen LogP contribution is 2.38. The number of rotatable bonds is 0. The fraction of sp³-hybridized carbons (Fsp3) is 0.667. The van der Waals surface area contributed by atoms with Gasteiger partial charge in [-0.25, -0.2) is 4.98 Å². The summed E-state index contributed by atoms with van der Waals surface area (Å²) in [5, 5.41) is 1.40. The van der Waals surface area contributed by atoms with E-state index in [-0.39, 0.29) is 11.6 Å². The summed E-state index contributed by atoms with van der Waals surface area (Å²) in [7, 11) is 0. The largest absolute Gasteiger partial charge is 0.284 e. The average molecular weight is 238 g/mol. The van der Waals surface area contributed by atoms with E-state index in [0.29, 0.717) is 11.2 Å². The van der Waals surface area contributed by atoms with Crippen molar-refractivity contribution in [2.24, 2.45) is 5.92 Å². The molecule has 4 heteroatoms. The van der Waals surface area contributed by atoms with Gasteiger partial charge in [-0.1, -0.05) is 25.6 Å². The molecule has 3 atom stereocenters. The lowest BCUT2D eigenvalue weighted by molar-refractivity contribution is 0.326. The van der Waals surface area contributed by atoms with Crippen LogP contribution in [0.15, 0.2) is 9.95 Å². The van der Waals surface area contributed by atoms with Crippen LogP contribution in [0.3, 0.4) is 0 Å². The van der Waals surface area contributed by atoms with E-state index >= 15 is 0 Å². The van der Waals surface area contributed by atoms with E-state index in [1.165, 1.54) is 0 Å². The van der Waals surface area contributed by atoms with Crippen LogP contribution in [0.25, 0.3) is 0 Å². The zero-order valence-corrected chi connectivity index (χ0v) is 11.3. The first-order valence-corrected chi connectivity index (χ1v) is 6.57. The second-order valence-electron chi connectivity index (χ2n) is 4.70. The molecule has 0 N–H and O–H groups in total. The summed E-state index contributed by atoms with van der Waals surface area (Å²) in [6, 6.07) is 0.241. The van der Waals surface area contributed by atoms with Crippen molar-refractivity contribution < 1.29 is 0 Å². The van der Waals surface area contributed by atoms with Crippen LogP contribution >= 0.6 is 11.8 Å². The molecule has 88 valence electrons. The first kappa shape index (κ1) is 11.7. The molecule has 3 unspecified atom stereocenters. The van der Waals surface area contributed by atoms with Crippen LogP contribution < -0.4 is 5.56 Å². The minimum Gasteiger partial charge on any atom is -0.284 e. The molecule has 1 aromatic rings. The quantitative estimate of drug-likeness (QED) is 0.652. The van der Waals surface area contributed by atoms with Gasteiger partial charge in [-0.05, 0) is 26.7 Å². The van der Waals surface area contributed by atoms with Crippen molar-refractivity contribution >= 4 is 11.8 Å². The van der Waals surface area contributed by atoms with Gasteiger partial charge in [0.25, 0.3) is 5.56 Å². The maximum absolute atomic E-state index is 12.2. The van der Waals surface area contributed by atoms with Crippen molar-refractivity contribution in [1.82, 2.24) is 9.55 Å². The maximum Gasteiger partial charge on any atom is 0.257 e. The highest BCUT2D eigenvalue weighted by molar-refractivity contribution is 7.99. The van der Waals surface area contributed by atoms with Crippen LogP contribution in [-0.2, 0) is 0 Å². The van der Waals surface area contributed by atoms with E-state index in [1.807, 2.05) is 18.4 Å². The van der Waals surface area contributed by atoms with Gasteiger partial charge in [-0.15, -0.1) is 0 Å². The van der Waals surface area contributed by atoms with Crippen LogP contribution in [0.1, 0.15) is 38.1 Å². The fourth-order valence-electron chi connectivity index (χ4n) is 2.05. The second kappa shape index (κ2) is 3.91. The third-order valence-corrected chi connectivity index (χ3v) is 5.05. The van der Waals surface area contributed by atoms with E-state index in [2.05, 4.69) is 25.8 Å². The molecule has 3 nitrogen and oxygen atoms in total. The Morgan fingerprint density at radius 1 is 1.25 bits per heavy atom. The zero-order chi connectivity index (χ0) is 12.0. The highest BCUT2D eigenvalue weighted by Gasteiger charge is 2.31. The summed E-state index contributed by atoms with van der Waals surface area (Å²) in [6.07, 6.45) is 0. The highest BCUT2D eigenvalue weighted by atomic mass is 32.2. The van der Waals surface area contributed by atoms with E-state index in [0.717, 1.165) is 16.4 Å². The summed E-state index contributed by atoms with van der Waals surface area (Å²) in [6.45, 7) is 10.3. The molecule has 1 aliphatic rings. The number of aromatic nitrogens is 2. The number of hydrogen-bond donors (Lipinski definition) is 0. The van der Waals surface area contributed by atoms with Gasteiger partial charge in [0.05, 0.1) is 0 Å². The summed E-state index contributed by atoms with van der Waals surface area (Å²) in [5.41, 5.74) is 1.76. The van der Waals surface area contributed by atoms with Crippen LogP contribution in [0.2, 0.25) is 0 Å². The molecule has 2 rings (SSSR count). The molecule has 0 spiro atoms. The van der Waals surface area contributed by atoms with Crippen LogP contribution in [0, 0.1) is 19.8 Å². The smallest absolute Gasteiger partial charge is 0.257 e. The second-order valence-corrected chi connectivity index (χ2v) is 6.05. The van der Waals surface area contributed by atoms with Crippen molar-refractivity contribution in [1.29, 1.82) is 0 Å². The Balaban J connectivity index is 2.67. The van der Waals surface area contributed by atoms with E-state index in [1.54, 1.807) is 11.8 Å². The first-order valence-electron chi connectivity index (χ1n) is 5.70. The molecule has 1 aromatic heterocycles. The molecule has 2 heterocycles. The van der Waals surface area contributed by atoms with Crippen molar-refractivity contribution in [2.45, 2.75) is 51.1 Å². The van der Waals surface area contributed by atoms with Gasteiger partial charge in [-0.2, -0.15) is 0 Å². The van der Waals surface area contributed by atoms with Gasteiger partial charge in [0.15, 0.2) is 5.16 Å². The molecule has 0 fully saturated rings. The van der Waals surface area contributed by atoms with Gasteiger partial charge in [0.1, 0.15) is 0 Å². The number of fused-ring (bicyclic) bond motifs is 1. The minimum absolute atomic E-state index is 0.126. The molecule has 0 saturated heterocycles. The summed E-state index contributed by atoms with van der Waals surface area (Å²) in [5.74, 6) is 0.499. The van der Waals surface area contributed by atoms with Crippen molar-refractivity contribution in [2.75, 3.05) is 0 Å². The Bertz CT molecular complexity index is 481. The Labute approximate surface area is 100 Å². The molecule has 0 amide bonds. The summed E-state index contributed by atoms with van der Waals surface area (Å²) in [4.78, 5) is 16.7. The maximum atomic E-state index is 12.2. The zero-order valence-electron chi connectivity index (χ0n) is 10.4. The van der Waals surface area contributed by atoms with Crippen molar-refractivity contribution in [3.63, 3.8) is 0 Å². The Kier molecular flexibility index (Phi) is 2.86. The molecular formula is C12H18N2OS. The monoisotopic (exact) mass is 238 g/mol. The van der Waals surface area contributed by atoms with E-state index in [4.69, 9.17) is 0 Å². The van der Waals surface area contributed by atoms with Gasteiger partial charge in [0.2, 0.25) is 0 Å². The molecule has 16 heavy (non-hydrogen) atoms. The van der Waals surface area contributed by atoms with Crippen molar-refractivity contribution in [3.05, 3.63) is 21.6 Å². The Hall–Kier alpha value is -0.770. The van der Waals surface area contributed by atoms with E-state index < -0.39 is 0 Å². The lowest BCUT2D eigenvalue weighted by atomic mass is 9.99. The molecular weight excluding hydrogens is 220 g/mol. The lowest BCUT2D eigenvalue weighted by Gasteiger charge is -2.34. The van der Waals surface area contributed by atoms with Gasteiger partial charge >= 0.3 is 0 Å². The van der Waals surface area contributed by atoms with Crippen LogP contribution in [-0.4, -0.2) is 14.8 Å². The SMILES string of the molecule is Cc1nc2n(c(=O)c1C)C(C)C(C)C(C)S2. The van der Waals surface area contributed by atoms with Gasteiger partial charge < -0.3 is 0 Å². The average Bonchev–Trinajstić information content (AvgIpc) is 2.23. The molecule has 0 radical (unpaired) electrons. The molecule has 0 aromatic carbocycles. The standard InChI is InChI=1S/C12H18N2OS/c1-6-8(3)13-12-14(11(6)15)9(4)7(2)10(5)16-12/h7,9-10H,1-5H3. The minimum atomic E-state index is 0.126. The number of thioether (sulfide) groups is 1. The third-order valence-electron chi connectivity index (χ3n) is 3.75. The third kappa shape index (κ3) is 1.59. The Morgan fingerprint density at radius 2 is 1.88 bits per heavy atom. The normalized spacial score (nSPS) is 28.9. The van der Waals surface area contributed by atoms with Gasteiger partial charge in [-0.3, -0.25) is 9.36 Å². The Morgan fingerprint density at radius 3 is 2.50 bits per heavy atom. The first-order chi connectivity index (χ1) is 7.43. The van der Waals surface area contributed by atoms with Crippen molar-refractivity contribution in [3.8, 4) is 0 Å². The van der Waals surface area contributed by atoms with Gasteiger partial charge in [0, 0.05) is 22.5 Å². The number of aryl methyl sites for hydroxylation is 1. The number of hydrogen-bond acceptors (Lipinski definition) is 3. The van der Waals surface area contributed by atoms with Crippen LogP contribution in [0.5, 0.6) is 0 Å². The predicted molar refractivity (Wildman–Crippen MR) is 67.2 cm³/mol. The topological polar surface area (TPSA) is 34.9 Å². The lowest BCUT2D eigenvalue weighted by Crippen LogP contribution is -2.37. The number of nitrogens with zero attached hydrogens (tertiary/aromatic N) is 2. The fourth-order valence-corrected chi connectivity index (χ4v) is 3.37.